The fourth-order valence-corrected chi connectivity index (χ4v) is 2.46. The second-order valence-corrected chi connectivity index (χ2v) is 6.26. The highest BCUT2D eigenvalue weighted by Crippen LogP contribution is 2.33. The van der Waals surface area contributed by atoms with Crippen molar-refractivity contribution in [3.8, 4) is 0 Å². The van der Waals surface area contributed by atoms with Gasteiger partial charge in [0.1, 0.15) is 11.6 Å². The predicted octanol–water partition coefficient (Wildman–Crippen LogP) is 1.63. The third kappa shape index (κ3) is 5.06. The first-order chi connectivity index (χ1) is 8.64. The summed E-state index contributed by atoms with van der Waals surface area (Å²) in [7, 11) is 0. The Morgan fingerprint density at radius 1 is 1.37 bits per heavy atom. The van der Waals surface area contributed by atoms with Crippen LogP contribution < -0.4 is 11.1 Å². The molecule has 1 rings (SSSR count). The molecule has 1 amide bonds. The molecule has 6 heteroatoms. The minimum absolute atomic E-state index is 0.238. The first kappa shape index (κ1) is 15.8. The molecule has 0 bridgehead atoms. The molecular weight excluding hydrogens is 248 g/mol. The fraction of sp³-hybridized carbons (Fsp3) is 0.846. The molecule has 19 heavy (non-hydrogen) atoms. The van der Waals surface area contributed by atoms with Crippen molar-refractivity contribution in [1.82, 2.24) is 5.32 Å². The van der Waals surface area contributed by atoms with Gasteiger partial charge < -0.3 is 20.9 Å². The number of alkyl carbamates (subject to hydrolysis) is 1. The van der Waals surface area contributed by atoms with Crippen molar-refractivity contribution in [3.05, 3.63) is 0 Å². The van der Waals surface area contributed by atoms with E-state index in [2.05, 4.69) is 5.32 Å². The number of hydrogen-bond donors (Lipinski definition) is 3. The smallest absolute Gasteiger partial charge is 0.408 e. The van der Waals surface area contributed by atoms with Crippen molar-refractivity contribution < 1.29 is 19.4 Å². The summed E-state index contributed by atoms with van der Waals surface area (Å²) in [6.45, 7) is 5.37. The zero-order chi connectivity index (χ0) is 14.7. The largest absolute Gasteiger partial charge is 0.480 e. The van der Waals surface area contributed by atoms with Crippen LogP contribution in [0.1, 0.15) is 52.9 Å². The second kappa shape index (κ2) is 5.77. The number of ether oxygens (including phenoxy) is 1. The van der Waals surface area contributed by atoms with E-state index in [0.29, 0.717) is 0 Å². The molecule has 1 aliphatic carbocycles. The van der Waals surface area contributed by atoms with Gasteiger partial charge in [-0.05, 0) is 40.0 Å². The van der Waals surface area contributed by atoms with Crippen LogP contribution in [0.4, 0.5) is 4.79 Å². The molecule has 0 aromatic heterocycles. The Balaban J connectivity index is 2.67. The van der Waals surface area contributed by atoms with Gasteiger partial charge in [-0.1, -0.05) is 12.8 Å². The summed E-state index contributed by atoms with van der Waals surface area (Å²) in [6, 6.07) is -0.965. The highest BCUT2D eigenvalue weighted by molar-refractivity contribution is 5.74. The van der Waals surface area contributed by atoms with E-state index in [0.717, 1.165) is 25.7 Å². The number of rotatable bonds is 4. The molecule has 0 spiro atoms. The lowest BCUT2D eigenvalue weighted by atomic mass is 9.89. The monoisotopic (exact) mass is 272 g/mol. The molecule has 0 radical (unpaired) electrons. The van der Waals surface area contributed by atoms with Gasteiger partial charge in [-0.2, -0.15) is 0 Å². The zero-order valence-electron chi connectivity index (χ0n) is 11.9. The summed E-state index contributed by atoms with van der Waals surface area (Å²) >= 11 is 0. The van der Waals surface area contributed by atoms with Gasteiger partial charge >= 0.3 is 12.1 Å². The van der Waals surface area contributed by atoms with Crippen LogP contribution in [0.5, 0.6) is 0 Å². The molecule has 6 nitrogen and oxygen atoms in total. The molecule has 1 saturated carbocycles. The van der Waals surface area contributed by atoms with Crippen molar-refractivity contribution >= 4 is 12.1 Å². The maximum atomic E-state index is 11.8. The van der Waals surface area contributed by atoms with Crippen LogP contribution >= 0.6 is 0 Å². The molecule has 0 heterocycles. The van der Waals surface area contributed by atoms with E-state index in [9.17, 15) is 9.59 Å². The quantitative estimate of drug-likeness (QED) is 0.722. The predicted molar refractivity (Wildman–Crippen MR) is 70.8 cm³/mol. The first-order valence-electron chi connectivity index (χ1n) is 6.63. The summed E-state index contributed by atoms with van der Waals surface area (Å²) in [5, 5.41) is 11.7. The SMILES string of the molecule is CC(C)(C)OC(=O)NC1(CC(N)C(=O)O)CCCC1. The summed E-state index contributed by atoms with van der Waals surface area (Å²) < 4.78 is 5.23. The minimum atomic E-state index is -1.04. The van der Waals surface area contributed by atoms with Crippen LogP contribution in [0.3, 0.4) is 0 Å². The van der Waals surface area contributed by atoms with Gasteiger partial charge in [-0.15, -0.1) is 0 Å². The molecule has 0 saturated heterocycles. The standard InChI is InChI=1S/C13H24N2O4/c1-12(2,3)19-11(18)15-13(6-4-5-7-13)8-9(14)10(16)17/h9H,4-8,14H2,1-3H3,(H,15,18)(H,16,17). The lowest BCUT2D eigenvalue weighted by molar-refractivity contribution is -0.139. The lowest BCUT2D eigenvalue weighted by Gasteiger charge is -2.32. The van der Waals surface area contributed by atoms with Crippen LogP contribution in [-0.2, 0) is 9.53 Å². The number of nitrogens with one attached hydrogen (secondary N) is 1. The number of carboxylic acid groups (broad SMARTS) is 1. The number of carbonyl (C=O) groups excluding carboxylic acids is 1. The number of amides is 1. The Bertz CT molecular complexity index is 343. The number of aliphatic carboxylic acids is 1. The summed E-state index contributed by atoms with van der Waals surface area (Å²) in [4.78, 5) is 22.7. The fourth-order valence-electron chi connectivity index (χ4n) is 2.46. The highest BCUT2D eigenvalue weighted by atomic mass is 16.6. The maximum Gasteiger partial charge on any atom is 0.408 e. The second-order valence-electron chi connectivity index (χ2n) is 6.26. The van der Waals surface area contributed by atoms with Crippen molar-refractivity contribution in [1.29, 1.82) is 0 Å². The van der Waals surface area contributed by atoms with Crippen molar-refractivity contribution in [2.45, 2.75) is 70.1 Å². The van der Waals surface area contributed by atoms with Crippen LogP contribution in [0, 0.1) is 0 Å². The van der Waals surface area contributed by atoms with Crippen molar-refractivity contribution in [3.63, 3.8) is 0 Å². The third-order valence-corrected chi connectivity index (χ3v) is 3.25. The Labute approximate surface area is 113 Å². The Morgan fingerprint density at radius 2 is 1.89 bits per heavy atom. The molecule has 1 fully saturated rings. The molecular formula is C13H24N2O4. The van der Waals surface area contributed by atoms with E-state index >= 15 is 0 Å². The van der Waals surface area contributed by atoms with Gasteiger partial charge in [0.2, 0.25) is 0 Å². The molecule has 1 unspecified atom stereocenters. The van der Waals surface area contributed by atoms with Crippen molar-refractivity contribution in [2.24, 2.45) is 5.73 Å². The Morgan fingerprint density at radius 3 is 2.32 bits per heavy atom. The van der Waals surface area contributed by atoms with Crippen LogP contribution in [0.15, 0.2) is 0 Å². The molecule has 0 aromatic rings. The van der Waals surface area contributed by atoms with E-state index in [-0.39, 0.29) is 6.42 Å². The molecule has 1 aliphatic rings. The van der Waals surface area contributed by atoms with Gasteiger partial charge in [0.05, 0.1) is 0 Å². The molecule has 4 N–H and O–H groups in total. The van der Waals surface area contributed by atoms with Gasteiger partial charge in [-0.25, -0.2) is 4.79 Å². The van der Waals surface area contributed by atoms with E-state index < -0.39 is 29.2 Å². The third-order valence-electron chi connectivity index (χ3n) is 3.25. The van der Waals surface area contributed by atoms with E-state index in [1.165, 1.54) is 0 Å². The van der Waals surface area contributed by atoms with Gasteiger partial charge in [0.25, 0.3) is 0 Å². The summed E-state index contributed by atoms with van der Waals surface area (Å²) in [5.74, 6) is -1.04. The van der Waals surface area contributed by atoms with Gasteiger partial charge in [0, 0.05) is 5.54 Å². The normalized spacial score (nSPS) is 19.8. The molecule has 0 aromatic carbocycles. The average Bonchev–Trinajstić information content (AvgIpc) is 2.62. The zero-order valence-corrected chi connectivity index (χ0v) is 11.9. The average molecular weight is 272 g/mol. The number of nitrogens with two attached hydrogens (primary N) is 1. The first-order valence-corrected chi connectivity index (χ1v) is 6.63. The minimum Gasteiger partial charge on any atom is -0.480 e. The Kier molecular flexibility index (Phi) is 4.79. The Hall–Kier alpha value is -1.30. The lowest BCUT2D eigenvalue weighted by Crippen LogP contribution is -2.52. The van der Waals surface area contributed by atoms with Crippen LogP contribution in [0.25, 0.3) is 0 Å². The summed E-state index contributed by atoms with van der Waals surface area (Å²) in [6.07, 6.45) is 3.14. The molecule has 110 valence electrons. The van der Waals surface area contributed by atoms with Gasteiger partial charge in [-0.3, -0.25) is 4.79 Å². The van der Waals surface area contributed by atoms with E-state index in [1.807, 2.05) is 0 Å². The summed E-state index contributed by atoms with van der Waals surface area (Å²) in [5.41, 5.74) is 4.48. The highest BCUT2D eigenvalue weighted by Gasteiger charge is 2.39. The number of hydrogen-bond acceptors (Lipinski definition) is 4. The topological polar surface area (TPSA) is 102 Å². The van der Waals surface area contributed by atoms with E-state index in [4.69, 9.17) is 15.6 Å². The molecule has 0 aliphatic heterocycles. The maximum absolute atomic E-state index is 11.8. The molecule has 1 atom stereocenters. The van der Waals surface area contributed by atoms with Gasteiger partial charge in [0.15, 0.2) is 0 Å². The number of carbonyl (C=O) groups is 2. The van der Waals surface area contributed by atoms with Crippen LogP contribution in [0.2, 0.25) is 0 Å². The van der Waals surface area contributed by atoms with Crippen molar-refractivity contribution in [2.75, 3.05) is 0 Å². The van der Waals surface area contributed by atoms with E-state index in [1.54, 1.807) is 20.8 Å². The van der Waals surface area contributed by atoms with Crippen LogP contribution in [-0.4, -0.2) is 34.4 Å². The number of carboxylic acids is 1.